The van der Waals surface area contributed by atoms with Crippen LogP contribution in [0.15, 0.2) is 60.7 Å². The van der Waals surface area contributed by atoms with Gasteiger partial charge in [-0.3, -0.25) is 4.79 Å². The van der Waals surface area contributed by atoms with E-state index >= 15 is 0 Å². The average Bonchev–Trinajstić information content (AvgIpc) is 3.21. The lowest BCUT2D eigenvalue weighted by Gasteiger charge is -2.19. The van der Waals surface area contributed by atoms with E-state index in [0.29, 0.717) is 12.2 Å². The summed E-state index contributed by atoms with van der Waals surface area (Å²) in [7, 11) is 0. The van der Waals surface area contributed by atoms with Crippen LogP contribution in [0.1, 0.15) is 43.7 Å². The van der Waals surface area contributed by atoms with Crippen LogP contribution in [-0.4, -0.2) is 18.5 Å². The minimum absolute atomic E-state index is 0.265. The highest BCUT2D eigenvalue weighted by Gasteiger charge is 2.23. The first-order valence-corrected chi connectivity index (χ1v) is 9.67. The number of amides is 3. The Labute approximate surface area is 160 Å². The van der Waals surface area contributed by atoms with Gasteiger partial charge in [0.2, 0.25) is 0 Å². The highest BCUT2D eigenvalue weighted by molar-refractivity contribution is 5.97. The van der Waals surface area contributed by atoms with Crippen LogP contribution in [0, 0.1) is 5.92 Å². The van der Waals surface area contributed by atoms with Crippen LogP contribution < -0.4 is 16.0 Å². The lowest BCUT2D eigenvalue weighted by molar-refractivity contribution is -0.118. The summed E-state index contributed by atoms with van der Waals surface area (Å²) in [5.74, 6) is 0.454. The smallest absolute Gasteiger partial charge is 0.315 e. The van der Waals surface area contributed by atoms with Crippen molar-refractivity contribution in [2.45, 2.75) is 38.1 Å². The highest BCUT2D eigenvalue weighted by Crippen LogP contribution is 2.26. The number of hydrogen-bond donors (Lipinski definition) is 3. The molecule has 1 saturated carbocycles. The average molecular weight is 365 g/mol. The molecule has 5 heteroatoms. The third kappa shape index (κ3) is 5.84. The van der Waals surface area contributed by atoms with Crippen molar-refractivity contribution < 1.29 is 9.59 Å². The molecule has 3 rings (SSSR count). The normalized spacial score (nSPS) is 15.1. The Morgan fingerprint density at radius 2 is 1.56 bits per heavy atom. The zero-order valence-corrected chi connectivity index (χ0v) is 15.5. The van der Waals surface area contributed by atoms with Crippen molar-refractivity contribution in [3.63, 3.8) is 0 Å². The van der Waals surface area contributed by atoms with Gasteiger partial charge in [-0.25, -0.2) is 4.79 Å². The lowest BCUT2D eigenvalue weighted by Crippen LogP contribution is -2.43. The van der Waals surface area contributed by atoms with Gasteiger partial charge >= 0.3 is 6.03 Å². The maximum atomic E-state index is 12.8. The minimum Gasteiger partial charge on any atom is -0.338 e. The van der Waals surface area contributed by atoms with E-state index in [-0.39, 0.29) is 11.9 Å². The van der Waals surface area contributed by atoms with Gasteiger partial charge in [0.15, 0.2) is 0 Å². The maximum Gasteiger partial charge on any atom is 0.315 e. The molecular formula is C22H27N3O2. The summed E-state index contributed by atoms with van der Waals surface area (Å²) in [5.41, 5.74) is 1.45. The topological polar surface area (TPSA) is 70.2 Å². The van der Waals surface area contributed by atoms with E-state index in [1.54, 1.807) is 0 Å². The van der Waals surface area contributed by atoms with Crippen LogP contribution in [0.5, 0.6) is 0 Å². The van der Waals surface area contributed by atoms with Gasteiger partial charge in [0.1, 0.15) is 6.04 Å². The van der Waals surface area contributed by atoms with Gasteiger partial charge in [-0.15, -0.1) is 0 Å². The first-order valence-electron chi connectivity index (χ1n) is 9.67. The largest absolute Gasteiger partial charge is 0.338 e. The van der Waals surface area contributed by atoms with Crippen LogP contribution in [-0.2, 0) is 4.79 Å². The summed E-state index contributed by atoms with van der Waals surface area (Å²) in [6.07, 6.45) is 6.11. The lowest BCUT2D eigenvalue weighted by atomic mass is 10.0. The molecule has 1 fully saturated rings. The maximum absolute atomic E-state index is 12.8. The molecule has 0 spiro atoms. The second-order valence-corrected chi connectivity index (χ2v) is 7.04. The fourth-order valence-corrected chi connectivity index (χ4v) is 3.55. The molecule has 0 radical (unpaired) electrons. The zero-order valence-electron chi connectivity index (χ0n) is 15.5. The van der Waals surface area contributed by atoms with Crippen molar-refractivity contribution in [2.75, 3.05) is 11.9 Å². The molecule has 5 nitrogen and oxygen atoms in total. The van der Waals surface area contributed by atoms with Gasteiger partial charge in [-0.1, -0.05) is 74.2 Å². The molecule has 0 saturated heterocycles. The fraction of sp³-hybridized carbons (Fsp3) is 0.364. The standard InChI is InChI=1S/C22H27N3O2/c26-21(24-19-13-5-2-6-14-19)20(18-11-3-1-4-12-18)25-22(27)23-16-15-17-9-7-8-10-17/h1-6,11-14,17,20H,7-10,15-16H2,(H,24,26)(H2,23,25,27). The van der Waals surface area contributed by atoms with Crippen molar-refractivity contribution in [3.05, 3.63) is 66.2 Å². The van der Waals surface area contributed by atoms with Crippen molar-refractivity contribution in [3.8, 4) is 0 Å². The number of para-hydroxylation sites is 1. The predicted molar refractivity (Wildman–Crippen MR) is 107 cm³/mol. The van der Waals surface area contributed by atoms with E-state index in [4.69, 9.17) is 0 Å². The molecule has 2 aromatic rings. The number of benzene rings is 2. The van der Waals surface area contributed by atoms with Gasteiger partial charge in [0, 0.05) is 12.2 Å². The number of hydrogen-bond acceptors (Lipinski definition) is 2. The summed E-state index contributed by atoms with van der Waals surface area (Å²) in [5, 5.41) is 8.58. The molecular weight excluding hydrogens is 338 g/mol. The molecule has 0 aliphatic heterocycles. The van der Waals surface area contributed by atoms with Crippen molar-refractivity contribution in [1.29, 1.82) is 0 Å². The Morgan fingerprint density at radius 3 is 2.22 bits per heavy atom. The molecule has 1 aliphatic rings. The molecule has 0 aromatic heterocycles. The Hall–Kier alpha value is -2.82. The van der Waals surface area contributed by atoms with Gasteiger partial charge in [0.25, 0.3) is 5.91 Å². The van der Waals surface area contributed by atoms with E-state index in [1.165, 1.54) is 25.7 Å². The number of anilines is 1. The van der Waals surface area contributed by atoms with Crippen LogP contribution in [0.4, 0.5) is 10.5 Å². The number of nitrogens with one attached hydrogen (secondary N) is 3. The third-order valence-corrected chi connectivity index (χ3v) is 5.02. The summed E-state index contributed by atoms with van der Waals surface area (Å²) < 4.78 is 0. The van der Waals surface area contributed by atoms with E-state index in [9.17, 15) is 9.59 Å². The molecule has 0 heterocycles. The Bertz CT molecular complexity index is 728. The molecule has 3 N–H and O–H groups in total. The van der Waals surface area contributed by atoms with E-state index in [1.807, 2.05) is 60.7 Å². The Balaban J connectivity index is 1.59. The van der Waals surface area contributed by atoms with Gasteiger partial charge in [-0.05, 0) is 30.0 Å². The number of rotatable bonds is 7. The number of carbonyl (C=O) groups excluding carboxylic acids is 2. The quantitative estimate of drug-likeness (QED) is 0.687. The van der Waals surface area contributed by atoms with E-state index in [0.717, 1.165) is 17.9 Å². The molecule has 27 heavy (non-hydrogen) atoms. The SMILES string of the molecule is O=C(NCCC1CCCC1)NC(C(=O)Nc1ccccc1)c1ccccc1. The molecule has 1 unspecified atom stereocenters. The fourth-order valence-electron chi connectivity index (χ4n) is 3.55. The van der Waals surface area contributed by atoms with Gasteiger partial charge in [0.05, 0.1) is 0 Å². The Morgan fingerprint density at radius 1 is 0.926 bits per heavy atom. The molecule has 3 amide bonds. The van der Waals surface area contributed by atoms with Gasteiger partial charge < -0.3 is 16.0 Å². The summed E-state index contributed by atoms with van der Waals surface area (Å²) >= 11 is 0. The van der Waals surface area contributed by atoms with Crippen molar-refractivity contribution in [2.24, 2.45) is 5.92 Å². The molecule has 142 valence electrons. The molecule has 1 atom stereocenters. The Kier molecular flexibility index (Phi) is 6.85. The van der Waals surface area contributed by atoms with Crippen LogP contribution in [0.3, 0.4) is 0 Å². The minimum atomic E-state index is -0.752. The summed E-state index contributed by atoms with van der Waals surface area (Å²) in [6.45, 7) is 0.637. The predicted octanol–water partition coefficient (Wildman–Crippen LogP) is 4.25. The van der Waals surface area contributed by atoms with Crippen molar-refractivity contribution >= 4 is 17.6 Å². The zero-order chi connectivity index (χ0) is 18.9. The van der Waals surface area contributed by atoms with Crippen LogP contribution in [0.2, 0.25) is 0 Å². The molecule has 1 aliphatic carbocycles. The monoisotopic (exact) mass is 365 g/mol. The number of carbonyl (C=O) groups is 2. The second kappa shape index (κ2) is 9.76. The van der Waals surface area contributed by atoms with Gasteiger partial charge in [-0.2, -0.15) is 0 Å². The van der Waals surface area contributed by atoms with Crippen molar-refractivity contribution in [1.82, 2.24) is 10.6 Å². The third-order valence-electron chi connectivity index (χ3n) is 5.02. The summed E-state index contributed by atoms with van der Waals surface area (Å²) in [4.78, 5) is 25.1. The highest BCUT2D eigenvalue weighted by atomic mass is 16.2. The van der Waals surface area contributed by atoms with E-state index < -0.39 is 6.04 Å². The first kappa shape index (κ1) is 19.0. The summed E-state index contributed by atoms with van der Waals surface area (Å²) in [6, 6.07) is 17.5. The van der Waals surface area contributed by atoms with E-state index in [2.05, 4.69) is 16.0 Å². The first-order chi connectivity index (χ1) is 13.2. The molecule has 2 aromatic carbocycles. The second-order valence-electron chi connectivity index (χ2n) is 7.04. The van der Waals surface area contributed by atoms with Crippen LogP contribution in [0.25, 0.3) is 0 Å². The molecule has 0 bridgehead atoms. The van der Waals surface area contributed by atoms with Crippen LogP contribution >= 0.6 is 0 Å². The number of urea groups is 1.